The second-order valence-electron chi connectivity index (χ2n) is 25.1. The van der Waals surface area contributed by atoms with Crippen LogP contribution in [0.5, 0.6) is 0 Å². The summed E-state index contributed by atoms with van der Waals surface area (Å²) in [6, 6.07) is 56.2. The maximum atomic E-state index is 12.3. The van der Waals surface area contributed by atoms with Crippen LogP contribution in [-0.2, 0) is 44.6 Å². The van der Waals surface area contributed by atoms with Crippen molar-refractivity contribution in [2.24, 2.45) is 31.3 Å². The number of carboxylic acid groups (broad SMARTS) is 2. The maximum absolute atomic E-state index is 12.3. The maximum Gasteiger partial charge on any atom is 0.274 e. The topological polar surface area (TPSA) is 151 Å². The van der Waals surface area contributed by atoms with E-state index in [9.17, 15) is 32.8 Å². The van der Waals surface area contributed by atoms with Crippen molar-refractivity contribution in [3.63, 3.8) is 0 Å². The minimum absolute atomic E-state index is 0.0284. The Morgan fingerprint density at radius 2 is 0.898 bits per heavy atom. The van der Waals surface area contributed by atoms with Crippen LogP contribution in [0.25, 0.3) is 56.5 Å². The zero-order valence-electron chi connectivity index (χ0n) is 53.7. The first-order chi connectivity index (χ1) is 42.0. The molecule has 1 N–H and O–H groups in total. The average molecular weight is 1200 g/mol. The lowest BCUT2D eigenvalue weighted by atomic mass is 9.68. The van der Waals surface area contributed by atoms with Crippen LogP contribution in [0.4, 0.5) is 11.4 Å². The number of aromatic nitrogens is 2. The van der Waals surface area contributed by atoms with Crippen molar-refractivity contribution in [1.29, 1.82) is 0 Å². The Bertz CT molecular complexity index is 3800. The van der Waals surface area contributed by atoms with Crippen LogP contribution < -0.4 is 10.2 Å². The number of benzene rings is 6. The number of fused-ring (bicyclic) bond motifs is 4. The van der Waals surface area contributed by atoms with Gasteiger partial charge in [0.15, 0.2) is 11.4 Å². The van der Waals surface area contributed by atoms with Gasteiger partial charge in [0, 0.05) is 93.8 Å². The highest BCUT2D eigenvalue weighted by molar-refractivity contribution is 7.87. The number of carbonyl (C=O) groups is 2. The minimum atomic E-state index is -5.20. The Labute approximate surface area is 522 Å². The Morgan fingerprint density at radius 1 is 0.545 bits per heavy atom. The van der Waals surface area contributed by atoms with Crippen molar-refractivity contribution in [3.05, 3.63) is 192 Å². The van der Waals surface area contributed by atoms with Crippen molar-refractivity contribution in [2.75, 3.05) is 14.1 Å². The number of aryl methyl sites for hydroxylation is 2. The van der Waals surface area contributed by atoms with Crippen molar-refractivity contribution in [1.82, 2.24) is 9.13 Å². The zero-order chi connectivity index (χ0) is 63.7. The molecule has 8 aromatic rings. The molecule has 0 saturated carbocycles. The van der Waals surface area contributed by atoms with Crippen molar-refractivity contribution in [3.8, 4) is 22.5 Å². The molecule has 0 fully saturated rings. The molecule has 0 aliphatic carbocycles. The monoisotopic (exact) mass is 1200 g/mol. The molecule has 0 radical (unpaired) electrons. The number of rotatable bonds is 22. The fourth-order valence-electron chi connectivity index (χ4n) is 14.1. The molecule has 10 rings (SSSR count). The Balaban J connectivity index is 0.000000171. The van der Waals surface area contributed by atoms with E-state index in [-0.39, 0.29) is 35.5 Å². The van der Waals surface area contributed by atoms with Crippen LogP contribution in [0.2, 0.25) is 0 Å². The Hall–Kier alpha value is -7.93. The first-order valence-corrected chi connectivity index (χ1v) is 32.9. The lowest BCUT2D eigenvalue weighted by Crippen LogP contribution is -2.60. The minimum Gasteiger partial charge on any atom is -0.549 e. The van der Waals surface area contributed by atoms with E-state index in [4.69, 9.17) is 0 Å². The summed E-state index contributed by atoms with van der Waals surface area (Å²) < 4.78 is 42.8. The zero-order valence-corrected chi connectivity index (χ0v) is 54.5. The van der Waals surface area contributed by atoms with E-state index in [1.54, 1.807) is 0 Å². The van der Waals surface area contributed by atoms with Crippen molar-refractivity contribution >= 4 is 78.8 Å². The quantitative estimate of drug-likeness (QED) is 0.0524. The molecule has 3 unspecified atom stereocenters. The van der Waals surface area contributed by atoms with E-state index in [0.29, 0.717) is 25.7 Å². The highest BCUT2D eigenvalue weighted by Gasteiger charge is 2.50. The molecule has 4 heterocycles. The van der Waals surface area contributed by atoms with Gasteiger partial charge in [0.25, 0.3) is 10.1 Å². The number of nitrogens with zero attached hydrogens (tertiary/aromatic N) is 4. The van der Waals surface area contributed by atoms with Gasteiger partial charge in [-0.3, -0.25) is 4.55 Å². The molecule has 88 heavy (non-hydrogen) atoms. The van der Waals surface area contributed by atoms with Gasteiger partial charge in [0.1, 0.15) is 19.3 Å². The summed E-state index contributed by atoms with van der Waals surface area (Å²) in [5.74, 6) is -4.22. The number of allylic oxidation sites excluding steroid dienone is 2. The molecule has 11 nitrogen and oxygen atoms in total. The van der Waals surface area contributed by atoms with Gasteiger partial charge in [-0.1, -0.05) is 213 Å². The average Bonchev–Trinajstić information content (AvgIpc) is 1.48. The molecule has 0 spiro atoms. The van der Waals surface area contributed by atoms with Gasteiger partial charge < -0.3 is 28.9 Å². The molecule has 0 saturated heterocycles. The molecule has 462 valence electrons. The number of carboxylic acids is 2. The van der Waals surface area contributed by atoms with Crippen molar-refractivity contribution in [2.45, 2.75) is 136 Å². The van der Waals surface area contributed by atoms with E-state index in [1.807, 2.05) is 27.7 Å². The highest BCUT2D eigenvalue weighted by Crippen LogP contribution is 2.45. The third-order valence-electron chi connectivity index (χ3n) is 18.9. The lowest BCUT2D eigenvalue weighted by molar-refractivity contribution is -0.401. The standard InChI is InChI=1S/2C28H27N2.C20H38O7S/c2*1-28(2)23-15-9-11-17-25(23)29(3)26(28)19-18-22-21-14-8-10-16-24(21)30(4)27(22)20-12-6-5-7-13-20;1-5-9-11-15(7-3)13-20(19(23)24,14-16(8-4)12-10-6-2)17(18(21)22)28(25,26)27/h2*5-19H,1-4H3;15-17H,5-14H2,1-4H3,(H,21,22)(H,23,24)(H,25,26,27)/q2*+1;/p-2. The predicted octanol–water partition coefficient (Wildman–Crippen LogP) is 15.1. The van der Waals surface area contributed by atoms with Crippen LogP contribution in [-0.4, -0.2) is 74.0 Å². The second kappa shape index (κ2) is 28.1. The summed E-state index contributed by atoms with van der Waals surface area (Å²) in [7, 11) is 3.48. The number of unbranched alkanes of at least 4 members (excludes halogenated alkanes) is 2. The summed E-state index contributed by atoms with van der Waals surface area (Å²) in [5.41, 5.74) is 15.7. The molecular formula is C76H90N4O7S. The molecule has 0 bridgehead atoms. The molecule has 0 amide bonds. The number of hydrogen-bond acceptors (Lipinski definition) is 6. The Morgan fingerprint density at radius 3 is 1.23 bits per heavy atom. The predicted molar refractivity (Wildman–Crippen MR) is 359 cm³/mol. The summed E-state index contributed by atoms with van der Waals surface area (Å²) in [5, 5.41) is 24.0. The summed E-state index contributed by atoms with van der Waals surface area (Å²) in [6.07, 6.45) is 14.7. The van der Waals surface area contributed by atoms with E-state index < -0.39 is 32.7 Å². The van der Waals surface area contributed by atoms with E-state index >= 15 is 0 Å². The van der Waals surface area contributed by atoms with Crippen LogP contribution in [0.3, 0.4) is 0 Å². The van der Waals surface area contributed by atoms with Gasteiger partial charge in [0.2, 0.25) is 11.4 Å². The van der Waals surface area contributed by atoms with Crippen LogP contribution in [0, 0.1) is 17.3 Å². The number of para-hydroxylation sites is 4. The van der Waals surface area contributed by atoms with Gasteiger partial charge in [-0.05, 0) is 87.8 Å². The smallest absolute Gasteiger partial charge is 0.274 e. The molecule has 12 heteroatoms. The van der Waals surface area contributed by atoms with Gasteiger partial charge in [-0.2, -0.15) is 17.6 Å². The highest BCUT2D eigenvalue weighted by atomic mass is 32.2. The largest absolute Gasteiger partial charge is 0.549 e. The Kier molecular flexibility index (Phi) is 21.0. The fourth-order valence-corrected chi connectivity index (χ4v) is 15.2. The molecule has 2 aromatic heterocycles. The number of aliphatic carboxylic acids is 2. The van der Waals surface area contributed by atoms with Crippen LogP contribution in [0.1, 0.15) is 142 Å². The SMILES string of the molecule is CCCCC(CC)CC(CC(CC)CCCC)(C(=O)[O-])C(C(=O)[O-])S(=O)(=O)O.Cn1c(-c2ccccc2)c(C=CC2=[N+](C)c3ccccc3C2(C)C)c2ccccc21.Cn1c(-c2ccccc2)c(C=CC2=[N+](C)c3ccccc3C2(C)C)c2ccccc21. The van der Waals surface area contributed by atoms with Crippen molar-refractivity contribution < 1.29 is 41.9 Å². The first-order valence-electron chi connectivity index (χ1n) is 31.4. The van der Waals surface area contributed by atoms with Gasteiger partial charge in [-0.25, -0.2) is 0 Å². The number of hydrogen-bond donors (Lipinski definition) is 1. The van der Waals surface area contributed by atoms with Gasteiger partial charge in [-0.15, -0.1) is 0 Å². The third kappa shape index (κ3) is 13.4. The number of carbonyl (C=O) groups excluding carboxylic acids is 2. The fraction of sp³-hybridized carbons (Fsp3) is 0.368. The third-order valence-corrected chi connectivity index (χ3v) is 20.1. The first kappa shape index (κ1) is 66.0. The van der Waals surface area contributed by atoms with Crippen LogP contribution in [0.15, 0.2) is 170 Å². The van der Waals surface area contributed by atoms with Gasteiger partial charge in [0.05, 0.1) is 28.2 Å². The molecular weight excluding hydrogens is 1110 g/mol. The molecule has 3 atom stereocenters. The summed E-state index contributed by atoms with van der Waals surface area (Å²) in [4.78, 5) is 24.0. The second-order valence-corrected chi connectivity index (χ2v) is 26.6. The van der Waals surface area contributed by atoms with E-state index in [1.165, 1.54) is 89.4 Å². The van der Waals surface area contributed by atoms with Crippen LogP contribution >= 0.6 is 0 Å². The summed E-state index contributed by atoms with van der Waals surface area (Å²) in [6.45, 7) is 16.9. The lowest BCUT2D eigenvalue weighted by Gasteiger charge is -2.44. The molecule has 6 aromatic carbocycles. The van der Waals surface area contributed by atoms with E-state index in [0.717, 1.165) is 25.7 Å². The van der Waals surface area contributed by atoms with E-state index in [2.05, 4.69) is 256 Å². The molecule has 2 aliphatic rings. The molecule has 2 aliphatic heterocycles. The summed E-state index contributed by atoms with van der Waals surface area (Å²) >= 11 is 0. The normalized spacial score (nSPS) is 16.0. The van der Waals surface area contributed by atoms with Gasteiger partial charge >= 0.3 is 0 Å².